The minimum absolute atomic E-state index is 0.0134. The summed E-state index contributed by atoms with van der Waals surface area (Å²) in [6.07, 6.45) is 1.88. The number of rotatable bonds is 7. The highest BCUT2D eigenvalue weighted by molar-refractivity contribution is 5.95. The SMILES string of the molecule is COc1ccc(C(=O)N2CCCC2COc2ccc(C(=O)NC(C)C)cc2)cc1. The number of amides is 2. The zero-order valence-corrected chi connectivity index (χ0v) is 17.2. The Hall–Kier alpha value is -3.02. The van der Waals surface area contributed by atoms with Crippen LogP contribution >= 0.6 is 0 Å². The maximum Gasteiger partial charge on any atom is 0.254 e. The monoisotopic (exact) mass is 396 g/mol. The van der Waals surface area contributed by atoms with Gasteiger partial charge in [-0.15, -0.1) is 0 Å². The number of hydrogen-bond donors (Lipinski definition) is 1. The molecule has 0 aromatic heterocycles. The predicted octanol–water partition coefficient (Wildman–Crippen LogP) is 3.52. The number of ether oxygens (including phenoxy) is 2. The third-order valence-corrected chi connectivity index (χ3v) is 4.95. The molecule has 1 aliphatic heterocycles. The lowest BCUT2D eigenvalue weighted by atomic mass is 10.1. The Bertz CT molecular complexity index is 831. The van der Waals surface area contributed by atoms with E-state index in [1.54, 1.807) is 55.6 Å². The molecule has 154 valence electrons. The maximum atomic E-state index is 12.9. The highest BCUT2D eigenvalue weighted by Crippen LogP contribution is 2.23. The van der Waals surface area contributed by atoms with Crippen molar-refractivity contribution in [2.75, 3.05) is 20.3 Å². The molecule has 6 nitrogen and oxygen atoms in total. The third kappa shape index (κ3) is 5.28. The molecule has 6 heteroatoms. The van der Waals surface area contributed by atoms with Crippen molar-refractivity contribution in [3.05, 3.63) is 59.7 Å². The summed E-state index contributed by atoms with van der Waals surface area (Å²) in [5.74, 6) is 1.33. The summed E-state index contributed by atoms with van der Waals surface area (Å²) in [6.45, 7) is 5.01. The maximum absolute atomic E-state index is 12.9. The smallest absolute Gasteiger partial charge is 0.254 e. The van der Waals surface area contributed by atoms with Crippen LogP contribution in [0.3, 0.4) is 0 Å². The molecule has 0 spiro atoms. The fourth-order valence-corrected chi connectivity index (χ4v) is 3.42. The summed E-state index contributed by atoms with van der Waals surface area (Å²) in [7, 11) is 1.61. The minimum atomic E-state index is -0.0985. The van der Waals surface area contributed by atoms with Crippen LogP contribution in [0.15, 0.2) is 48.5 Å². The highest BCUT2D eigenvalue weighted by atomic mass is 16.5. The fraction of sp³-hybridized carbons (Fsp3) is 0.391. The molecule has 1 atom stereocenters. The second-order valence-corrected chi connectivity index (χ2v) is 7.49. The van der Waals surface area contributed by atoms with Crippen molar-refractivity contribution >= 4 is 11.8 Å². The second kappa shape index (κ2) is 9.45. The molecule has 1 N–H and O–H groups in total. The number of carbonyl (C=O) groups excluding carboxylic acids is 2. The standard InChI is InChI=1S/C23H28N2O4/c1-16(2)24-22(26)17-6-12-21(13-7-17)29-15-19-5-4-14-25(19)23(27)18-8-10-20(28-3)11-9-18/h6-13,16,19H,4-5,14-15H2,1-3H3,(H,24,26). The first-order valence-corrected chi connectivity index (χ1v) is 9.96. The Morgan fingerprint density at radius 3 is 2.28 bits per heavy atom. The van der Waals surface area contributed by atoms with Crippen LogP contribution in [0, 0.1) is 0 Å². The molecule has 1 unspecified atom stereocenters. The van der Waals surface area contributed by atoms with Crippen LogP contribution in [0.2, 0.25) is 0 Å². The quantitative estimate of drug-likeness (QED) is 0.778. The average molecular weight is 396 g/mol. The molecule has 2 amide bonds. The van der Waals surface area contributed by atoms with Gasteiger partial charge in [0, 0.05) is 23.7 Å². The van der Waals surface area contributed by atoms with Crippen molar-refractivity contribution in [3.8, 4) is 11.5 Å². The lowest BCUT2D eigenvalue weighted by Gasteiger charge is -2.25. The number of carbonyl (C=O) groups is 2. The first-order chi connectivity index (χ1) is 14.0. The second-order valence-electron chi connectivity index (χ2n) is 7.49. The molecule has 0 bridgehead atoms. The van der Waals surface area contributed by atoms with E-state index >= 15 is 0 Å². The molecule has 2 aromatic rings. The zero-order chi connectivity index (χ0) is 20.8. The van der Waals surface area contributed by atoms with Gasteiger partial charge in [0.15, 0.2) is 0 Å². The van der Waals surface area contributed by atoms with Gasteiger partial charge in [0.25, 0.3) is 11.8 Å². The summed E-state index contributed by atoms with van der Waals surface area (Å²) in [5.41, 5.74) is 1.25. The molecule has 1 heterocycles. The van der Waals surface area contributed by atoms with Crippen molar-refractivity contribution in [3.63, 3.8) is 0 Å². The van der Waals surface area contributed by atoms with Gasteiger partial charge in [-0.25, -0.2) is 0 Å². The van der Waals surface area contributed by atoms with Crippen LogP contribution in [-0.4, -0.2) is 49.1 Å². The Balaban J connectivity index is 1.58. The van der Waals surface area contributed by atoms with Crippen molar-refractivity contribution in [2.45, 2.75) is 38.8 Å². The number of nitrogens with zero attached hydrogens (tertiary/aromatic N) is 1. The van der Waals surface area contributed by atoms with Crippen LogP contribution in [0.1, 0.15) is 47.4 Å². The minimum Gasteiger partial charge on any atom is -0.497 e. The van der Waals surface area contributed by atoms with Gasteiger partial charge in [0.2, 0.25) is 0 Å². The van der Waals surface area contributed by atoms with E-state index in [1.165, 1.54) is 0 Å². The van der Waals surface area contributed by atoms with Gasteiger partial charge in [0.05, 0.1) is 13.2 Å². The largest absolute Gasteiger partial charge is 0.497 e. The van der Waals surface area contributed by atoms with E-state index in [-0.39, 0.29) is 23.9 Å². The summed E-state index contributed by atoms with van der Waals surface area (Å²) in [5, 5.41) is 2.86. The Morgan fingerprint density at radius 2 is 1.66 bits per heavy atom. The van der Waals surface area contributed by atoms with Crippen molar-refractivity contribution in [2.24, 2.45) is 0 Å². The molecular weight excluding hydrogens is 368 g/mol. The summed E-state index contributed by atoms with van der Waals surface area (Å²) >= 11 is 0. The van der Waals surface area contributed by atoms with Crippen LogP contribution in [0.5, 0.6) is 11.5 Å². The molecule has 3 rings (SSSR count). The topological polar surface area (TPSA) is 67.9 Å². The molecule has 29 heavy (non-hydrogen) atoms. The van der Waals surface area contributed by atoms with E-state index in [2.05, 4.69) is 5.32 Å². The van der Waals surface area contributed by atoms with Gasteiger partial charge in [-0.3, -0.25) is 9.59 Å². The van der Waals surface area contributed by atoms with Crippen molar-refractivity contribution in [1.29, 1.82) is 0 Å². The lowest BCUT2D eigenvalue weighted by molar-refractivity contribution is 0.0691. The van der Waals surface area contributed by atoms with E-state index in [0.29, 0.717) is 23.5 Å². The lowest BCUT2D eigenvalue weighted by Crippen LogP contribution is -2.39. The van der Waals surface area contributed by atoms with Gasteiger partial charge in [0.1, 0.15) is 18.1 Å². The molecule has 1 saturated heterocycles. The van der Waals surface area contributed by atoms with Gasteiger partial charge < -0.3 is 19.7 Å². The van der Waals surface area contributed by atoms with Gasteiger partial charge in [-0.1, -0.05) is 0 Å². The van der Waals surface area contributed by atoms with E-state index in [4.69, 9.17) is 9.47 Å². The summed E-state index contributed by atoms with van der Waals surface area (Å²) in [6, 6.07) is 14.4. The van der Waals surface area contributed by atoms with E-state index < -0.39 is 0 Å². The Morgan fingerprint density at radius 1 is 1.03 bits per heavy atom. The summed E-state index contributed by atoms with van der Waals surface area (Å²) < 4.78 is 11.1. The molecule has 0 saturated carbocycles. The Kier molecular flexibility index (Phi) is 6.75. The third-order valence-electron chi connectivity index (χ3n) is 4.95. The van der Waals surface area contributed by atoms with Gasteiger partial charge >= 0.3 is 0 Å². The van der Waals surface area contributed by atoms with Crippen LogP contribution in [0.25, 0.3) is 0 Å². The van der Waals surface area contributed by atoms with Crippen LogP contribution < -0.4 is 14.8 Å². The first kappa shape index (κ1) is 20.7. The van der Waals surface area contributed by atoms with Crippen LogP contribution in [0.4, 0.5) is 0 Å². The molecule has 2 aromatic carbocycles. The molecular formula is C23H28N2O4. The average Bonchev–Trinajstić information content (AvgIpc) is 3.20. The molecule has 1 aliphatic rings. The van der Waals surface area contributed by atoms with E-state index in [0.717, 1.165) is 25.1 Å². The summed E-state index contributed by atoms with van der Waals surface area (Å²) in [4.78, 5) is 26.8. The predicted molar refractivity (Wildman–Crippen MR) is 112 cm³/mol. The van der Waals surface area contributed by atoms with Crippen molar-refractivity contribution in [1.82, 2.24) is 10.2 Å². The van der Waals surface area contributed by atoms with Gasteiger partial charge in [-0.2, -0.15) is 0 Å². The van der Waals surface area contributed by atoms with Gasteiger partial charge in [-0.05, 0) is 75.2 Å². The van der Waals surface area contributed by atoms with E-state index in [9.17, 15) is 9.59 Å². The number of methoxy groups -OCH3 is 1. The fourth-order valence-electron chi connectivity index (χ4n) is 3.42. The molecule has 0 aliphatic carbocycles. The molecule has 1 fully saturated rings. The van der Waals surface area contributed by atoms with Crippen LogP contribution in [-0.2, 0) is 0 Å². The number of benzene rings is 2. The number of likely N-dealkylation sites (tertiary alicyclic amines) is 1. The normalized spacial score (nSPS) is 16.0. The van der Waals surface area contributed by atoms with E-state index in [1.807, 2.05) is 18.7 Å². The number of nitrogens with one attached hydrogen (secondary N) is 1. The Labute approximate surface area is 171 Å². The molecule has 0 radical (unpaired) electrons. The number of hydrogen-bond acceptors (Lipinski definition) is 4. The zero-order valence-electron chi connectivity index (χ0n) is 17.2. The highest BCUT2D eigenvalue weighted by Gasteiger charge is 2.30. The first-order valence-electron chi connectivity index (χ1n) is 9.96. The van der Waals surface area contributed by atoms with Crippen molar-refractivity contribution < 1.29 is 19.1 Å².